The van der Waals surface area contributed by atoms with Gasteiger partial charge in [0.05, 0.1) is 13.0 Å². The zero-order chi connectivity index (χ0) is 10.8. The van der Waals surface area contributed by atoms with Crippen molar-refractivity contribution in [3.63, 3.8) is 0 Å². The minimum atomic E-state index is -0.372. The lowest BCUT2D eigenvalue weighted by Gasteiger charge is -2.22. The molecule has 1 aliphatic rings. The minimum Gasteiger partial charge on any atom is -0.466 e. The lowest BCUT2D eigenvalue weighted by molar-refractivity contribution is -0.145. The molecule has 1 rings (SSSR count). The summed E-state index contributed by atoms with van der Waals surface area (Å²) in [6.07, 6.45) is 1.49. The van der Waals surface area contributed by atoms with Crippen LogP contribution in [0.2, 0.25) is 0 Å². The summed E-state index contributed by atoms with van der Waals surface area (Å²) in [5, 5.41) is 0. The molecule has 0 aromatic heterocycles. The molecule has 1 aliphatic carbocycles. The monoisotopic (exact) mass is 196 g/mol. The van der Waals surface area contributed by atoms with Crippen molar-refractivity contribution in [3.8, 4) is 0 Å². The van der Waals surface area contributed by atoms with Crippen molar-refractivity contribution in [1.29, 1.82) is 0 Å². The Morgan fingerprint density at radius 1 is 1.64 bits per heavy atom. The highest BCUT2D eigenvalue weighted by molar-refractivity contribution is 5.99. The fourth-order valence-corrected chi connectivity index (χ4v) is 1.75. The summed E-state index contributed by atoms with van der Waals surface area (Å²) in [5.74, 6) is -0.164. The van der Waals surface area contributed by atoms with E-state index in [0.29, 0.717) is 25.0 Å². The molecule has 0 saturated heterocycles. The average Bonchev–Trinajstić information content (AvgIpc) is 2.34. The SMILES string of the molecule is C=C1C(=O)CCC1(C)CC(=O)OCC. The molecule has 3 heteroatoms. The summed E-state index contributed by atoms with van der Waals surface area (Å²) in [6.45, 7) is 7.80. The van der Waals surface area contributed by atoms with E-state index in [2.05, 4.69) is 6.58 Å². The lowest BCUT2D eigenvalue weighted by Crippen LogP contribution is -2.21. The van der Waals surface area contributed by atoms with Gasteiger partial charge in [0.15, 0.2) is 5.78 Å². The third-order valence-corrected chi connectivity index (χ3v) is 2.81. The number of Topliss-reactive ketones (excluding diaryl/α,β-unsaturated/α-hetero) is 1. The molecular formula is C11H16O3. The summed E-state index contributed by atoms with van der Waals surface area (Å²) in [4.78, 5) is 22.6. The number of hydrogen-bond acceptors (Lipinski definition) is 3. The zero-order valence-electron chi connectivity index (χ0n) is 8.76. The second-order valence-corrected chi connectivity index (χ2v) is 3.94. The third kappa shape index (κ3) is 2.03. The van der Waals surface area contributed by atoms with E-state index in [0.717, 1.165) is 0 Å². The fraction of sp³-hybridized carbons (Fsp3) is 0.636. The average molecular weight is 196 g/mol. The maximum absolute atomic E-state index is 11.3. The Hall–Kier alpha value is -1.12. The van der Waals surface area contributed by atoms with Crippen LogP contribution in [0.5, 0.6) is 0 Å². The van der Waals surface area contributed by atoms with Crippen molar-refractivity contribution in [2.45, 2.75) is 33.1 Å². The van der Waals surface area contributed by atoms with Crippen molar-refractivity contribution in [2.75, 3.05) is 6.61 Å². The Bertz CT molecular complexity index is 280. The predicted molar refractivity (Wildman–Crippen MR) is 52.7 cm³/mol. The highest BCUT2D eigenvalue weighted by Crippen LogP contribution is 2.42. The Kier molecular flexibility index (Phi) is 3.09. The van der Waals surface area contributed by atoms with Gasteiger partial charge in [-0.3, -0.25) is 9.59 Å². The van der Waals surface area contributed by atoms with Crippen LogP contribution in [0.25, 0.3) is 0 Å². The van der Waals surface area contributed by atoms with E-state index in [1.54, 1.807) is 6.92 Å². The molecule has 1 saturated carbocycles. The summed E-state index contributed by atoms with van der Waals surface area (Å²) in [5.41, 5.74) is 0.203. The van der Waals surface area contributed by atoms with E-state index in [-0.39, 0.29) is 23.6 Å². The number of esters is 1. The quantitative estimate of drug-likeness (QED) is 0.511. The van der Waals surface area contributed by atoms with E-state index in [9.17, 15) is 9.59 Å². The van der Waals surface area contributed by atoms with Crippen molar-refractivity contribution in [1.82, 2.24) is 0 Å². The molecule has 0 bridgehead atoms. The Balaban J connectivity index is 2.63. The molecule has 0 aromatic carbocycles. The normalized spacial score (nSPS) is 26.7. The van der Waals surface area contributed by atoms with Gasteiger partial charge in [0.25, 0.3) is 0 Å². The van der Waals surface area contributed by atoms with E-state index in [1.807, 2.05) is 6.92 Å². The Morgan fingerprint density at radius 3 is 2.71 bits per heavy atom. The van der Waals surface area contributed by atoms with E-state index < -0.39 is 0 Å². The maximum atomic E-state index is 11.3. The van der Waals surface area contributed by atoms with Crippen molar-refractivity contribution in [3.05, 3.63) is 12.2 Å². The van der Waals surface area contributed by atoms with Gasteiger partial charge in [-0.05, 0) is 18.9 Å². The number of ether oxygens (including phenoxy) is 1. The molecule has 0 spiro atoms. The van der Waals surface area contributed by atoms with Gasteiger partial charge in [-0.15, -0.1) is 0 Å². The molecular weight excluding hydrogens is 180 g/mol. The smallest absolute Gasteiger partial charge is 0.306 e. The molecule has 0 N–H and O–H groups in total. The highest BCUT2D eigenvalue weighted by Gasteiger charge is 2.39. The first-order valence-corrected chi connectivity index (χ1v) is 4.88. The van der Waals surface area contributed by atoms with E-state index in [1.165, 1.54) is 0 Å². The van der Waals surface area contributed by atoms with Gasteiger partial charge in [0.1, 0.15) is 0 Å². The van der Waals surface area contributed by atoms with Crippen molar-refractivity contribution in [2.24, 2.45) is 5.41 Å². The second kappa shape index (κ2) is 3.95. The number of hydrogen-bond donors (Lipinski definition) is 0. The van der Waals surface area contributed by atoms with Gasteiger partial charge < -0.3 is 4.74 Å². The van der Waals surface area contributed by atoms with Crippen LogP contribution < -0.4 is 0 Å². The van der Waals surface area contributed by atoms with Crippen molar-refractivity contribution >= 4 is 11.8 Å². The molecule has 0 aromatic rings. The standard InChI is InChI=1S/C11H16O3/c1-4-14-10(13)7-11(3)6-5-9(12)8(11)2/h2,4-7H2,1,3H3. The molecule has 1 atom stereocenters. The maximum Gasteiger partial charge on any atom is 0.306 e. The molecule has 1 unspecified atom stereocenters. The van der Waals surface area contributed by atoms with Crippen LogP contribution in [-0.4, -0.2) is 18.4 Å². The van der Waals surface area contributed by atoms with Crippen LogP contribution in [0.15, 0.2) is 12.2 Å². The van der Waals surface area contributed by atoms with E-state index in [4.69, 9.17) is 4.74 Å². The van der Waals surface area contributed by atoms with Crippen LogP contribution >= 0.6 is 0 Å². The largest absolute Gasteiger partial charge is 0.466 e. The minimum absolute atomic E-state index is 0.0804. The summed E-state index contributed by atoms with van der Waals surface area (Å²) in [7, 11) is 0. The molecule has 3 nitrogen and oxygen atoms in total. The molecule has 14 heavy (non-hydrogen) atoms. The van der Waals surface area contributed by atoms with Crippen LogP contribution in [0, 0.1) is 5.41 Å². The number of ketones is 1. The van der Waals surface area contributed by atoms with Gasteiger partial charge in [-0.25, -0.2) is 0 Å². The van der Waals surface area contributed by atoms with Gasteiger partial charge >= 0.3 is 5.97 Å². The Morgan fingerprint density at radius 2 is 2.29 bits per heavy atom. The molecule has 0 heterocycles. The van der Waals surface area contributed by atoms with E-state index >= 15 is 0 Å². The Labute approximate surface area is 84.1 Å². The van der Waals surface area contributed by atoms with Gasteiger partial charge in [-0.2, -0.15) is 0 Å². The molecule has 0 radical (unpaired) electrons. The van der Waals surface area contributed by atoms with Gasteiger partial charge in [0, 0.05) is 11.8 Å². The summed E-state index contributed by atoms with van der Waals surface area (Å²) in [6, 6.07) is 0. The predicted octanol–water partition coefficient (Wildman–Crippen LogP) is 1.86. The number of rotatable bonds is 3. The molecule has 1 fully saturated rings. The molecule has 0 amide bonds. The highest BCUT2D eigenvalue weighted by atomic mass is 16.5. The van der Waals surface area contributed by atoms with Crippen molar-refractivity contribution < 1.29 is 14.3 Å². The molecule has 78 valence electrons. The first-order valence-electron chi connectivity index (χ1n) is 4.88. The van der Waals surface area contributed by atoms with Gasteiger partial charge in [0.2, 0.25) is 0 Å². The summed E-state index contributed by atoms with van der Waals surface area (Å²) < 4.78 is 4.86. The topological polar surface area (TPSA) is 43.4 Å². The van der Waals surface area contributed by atoms with Crippen LogP contribution in [0.1, 0.15) is 33.1 Å². The summed E-state index contributed by atoms with van der Waals surface area (Å²) >= 11 is 0. The second-order valence-electron chi connectivity index (χ2n) is 3.94. The number of carbonyl (C=O) groups excluding carboxylic acids is 2. The zero-order valence-corrected chi connectivity index (χ0v) is 8.76. The first kappa shape index (κ1) is 11.0. The number of carbonyl (C=O) groups is 2. The van der Waals surface area contributed by atoms with Crippen LogP contribution in [0.3, 0.4) is 0 Å². The number of allylic oxidation sites excluding steroid dienone is 1. The first-order chi connectivity index (χ1) is 6.49. The fourth-order valence-electron chi connectivity index (χ4n) is 1.75. The molecule has 0 aliphatic heterocycles. The van der Waals surface area contributed by atoms with Gasteiger partial charge in [-0.1, -0.05) is 13.5 Å². The van der Waals surface area contributed by atoms with Crippen LogP contribution in [-0.2, 0) is 14.3 Å². The third-order valence-electron chi connectivity index (χ3n) is 2.81. The van der Waals surface area contributed by atoms with Crippen LogP contribution in [0.4, 0.5) is 0 Å². The lowest BCUT2D eigenvalue weighted by atomic mass is 9.82.